The van der Waals surface area contributed by atoms with Gasteiger partial charge < -0.3 is 5.32 Å². The number of hydrogen-bond donors (Lipinski definition) is 1. The van der Waals surface area contributed by atoms with Crippen molar-refractivity contribution in [2.45, 2.75) is 39.2 Å². The highest BCUT2D eigenvalue weighted by Gasteiger charge is 2.38. The molecular formula is C15H21FN2O3S. The lowest BCUT2D eigenvalue weighted by molar-refractivity contribution is -0.119. The maximum atomic E-state index is 13.1. The number of aryl methyl sites for hydroxylation is 1. The van der Waals surface area contributed by atoms with Gasteiger partial charge in [0, 0.05) is 12.2 Å². The molecule has 0 aliphatic carbocycles. The zero-order valence-electron chi connectivity index (χ0n) is 12.8. The lowest BCUT2D eigenvalue weighted by Crippen LogP contribution is -2.44. The van der Waals surface area contributed by atoms with Gasteiger partial charge in [-0.3, -0.25) is 4.79 Å². The van der Waals surface area contributed by atoms with Crippen LogP contribution in [0.1, 0.15) is 31.7 Å². The van der Waals surface area contributed by atoms with Crippen LogP contribution in [0.4, 0.5) is 10.1 Å². The lowest BCUT2D eigenvalue weighted by atomic mass is 10.1. The Morgan fingerprint density at radius 3 is 2.82 bits per heavy atom. The molecule has 0 saturated carbocycles. The van der Waals surface area contributed by atoms with Gasteiger partial charge >= 0.3 is 0 Å². The Labute approximate surface area is 130 Å². The third-order valence-electron chi connectivity index (χ3n) is 3.77. The van der Waals surface area contributed by atoms with Crippen molar-refractivity contribution in [3.8, 4) is 0 Å². The monoisotopic (exact) mass is 328 g/mol. The number of carbonyl (C=O) groups is 1. The molecule has 1 fully saturated rings. The van der Waals surface area contributed by atoms with E-state index in [1.807, 2.05) is 0 Å². The summed E-state index contributed by atoms with van der Waals surface area (Å²) in [6, 6.07) is 3.40. The highest BCUT2D eigenvalue weighted by Crippen LogP contribution is 2.24. The van der Waals surface area contributed by atoms with Crippen LogP contribution in [-0.4, -0.2) is 37.0 Å². The van der Waals surface area contributed by atoms with E-state index in [1.54, 1.807) is 13.8 Å². The van der Waals surface area contributed by atoms with Crippen molar-refractivity contribution >= 4 is 21.6 Å². The zero-order chi connectivity index (χ0) is 16.3. The molecule has 1 aliphatic heterocycles. The molecule has 0 aromatic heterocycles. The molecule has 0 spiro atoms. The summed E-state index contributed by atoms with van der Waals surface area (Å²) in [5.74, 6) is -0.679. The van der Waals surface area contributed by atoms with Crippen molar-refractivity contribution in [1.82, 2.24) is 4.31 Å². The Kier molecular flexibility index (Phi) is 5.18. The summed E-state index contributed by atoms with van der Waals surface area (Å²) in [6.07, 6.45) is 1.70. The van der Waals surface area contributed by atoms with Gasteiger partial charge in [-0.2, -0.15) is 4.31 Å². The van der Waals surface area contributed by atoms with Crippen LogP contribution in [0.15, 0.2) is 18.2 Å². The maximum absolute atomic E-state index is 13.1. The van der Waals surface area contributed by atoms with Crippen LogP contribution in [0.5, 0.6) is 0 Å². The normalized spacial score (nSPS) is 19.3. The van der Waals surface area contributed by atoms with Crippen LogP contribution < -0.4 is 5.32 Å². The van der Waals surface area contributed by atoms with Gasteiger partial charge in [0.25, 0.3) is 0 Å². The van der Waals surface area contributed by atoms with Crippen LogP contribution >= 0.6 is 0 Å². The number of nitrogens with one attached hydrogen (secondary N) is 1. The second-order valence-electron chi connectivity index (χ2n) is 5.53. The number of sulfonamides is 1. The molecule has 5 nitrogen and oxygen atoms in total. The number of carbonyl (C=O) groups excluding carboxylic acids is 1. The summed E-state index contributed by atoms with van der Waals surface area (Å²) in [5.41, 5.74) is 1.11. The van der Waals surface area contributed by atoms with E-state index in [2.05, 4.69) is 5.32 Å². The fraction of sp³-hybridized carbons (Fsp3) is 0.533. The third kappa shape index (κ3) is 3.64. The van der Waals surface area contributed by atoms with E-state index < -0.39 is 16.1 Å². The van der Waals surface area contributed by atoms with Crippen LogP contribution in [0.3, 0.4) is 0 Å². The number of rotatable bonds is 5. The van der Waals surface area contributed by atoms with E-state index in [1.165, 1.54) is 22.5 Å². The molecular weight excluding hydrogens is 307 g/mol. The van der Waals surface area contributed by atoms with E-state index >= 15 is 0 Å². The molecule has 2 rings (SSSR count). The SMILES string of the molecule is CCCS(=O)(=O)N1CCCC1C(=O)Nc1ccc(F)cc1C. The second kappa shape index (κ2) is 6.75. The van der Waals surface area contributed by atoms with Crippen molar-refractivity contribution in [2.24, 2.45) is 0 Å². The standard InChI is InChI=1S/C15H21FN2O3S/c1-3-9-22(20,21)18-8-4-5-14(18)15(19)17-13-7-6-12(16)10-11(13)2/h6-7,10,14H,3-5,8-9H2,1-2H3,(H,17,19). The molecule has 1 aromatic rings. The summed E-state index contributed by atoms with van der Waals surface area (Å²) in [5, 5.41) is 2.71. The fourth-order valence-corrected chi connectivity index (χ4v) is 4.44. The highest BCUT2D eigenvalue weighted by molar-refractivity contribution is 7.89. The molecule has 1 saturated heterocycles. The minimum Gasteiger partial charge on any atom is -0.324 e. The minimum absolute atomic E-state index is 0.0480. The summed E-state index contributed by atoms with van der Waals surface area (Å²) in [4.78, 5) is 12.4. The first-order chi connectivity index (χ1) is 10.3. The number of halogens is 1. The second-order valence-corrected chi connectivity index (χ2v) is 7.57. The first-order valence-electron chi connectivity index (χ1n) is 7.41. The van der Waals surface area contributed by atoms with Crippen LogP contribution in [-0.2, 0) is 14.8 Å². The Morgan fingerprint density at radius 1 is 1.45 bits per heavy atom. The largest absolute Gasteiger partial charge is 0.324 e. The van der Waals surface area contributed by atoms with E-state index in [9.17, 15) is 17.6 Å². The number of benzene rings is 1. The van der Waals surface area contributed by atoms with Gasteiger partial charge in [0.1, 0.15) is 11.9 Å². The van der Waals surface area contributed by atoms with Gasteiger partial charge in [0.2, 0.25) is 15.9 Å². The van der Waals surface area contributed by atoms with E-state index in [0.29, 0.717) is 37.1 Å². The molecule has 0 bridgehead atoms. The molecule has 1 aromatic carbocycles. The molecule has 22 heavy (non-hydrogen) atoms. The molecule has 1 heterocycles. The van der Waals surface area contributed by atoms with Crippen molar-refractivity contribution in [1.29, 1.82) is 0 Å². The molecule has 1 N–H and O–H groups in total. The Morgan fingerprint density at radius 2 is 2.18 bits per heavy atom. The van der Waals surface area contributed by atoms with Gasteiger partial charge in [-0.05, 0) is 49.9 Å². The predicted molar refractivity (Wildman–Crippen MR) is 83.6 cm³/mol. The third-order valence-corrected chi connectivity index (χ3v) is 5.85. The van der Waals surface area contributed by atoms with Crippen molar-refractivity contribution in [3.05, 3.63) is 29.6 Å². The van der Waals surface area contributed by atoms with E-state index in [0.717, 1.165) is 0 Å². The topological polar surface area (TPSA) is 66.5 Å². The molecule has 1 amide bonds. The van der Waals surface area contributed by atoms with Crippen molar-refractivity contribution in [3.63, 3.8) is 0 Å². The fourth-order valence-electron chi connectivity index (χ4n) is 2.69. The Bertz CT molecular complexity index is 661. The summed E-state index contributed by atoms with van der Waals surface area (Å²) < 4.78 is 38.8. The molecule has 122 valence electrons. The predicted octanol–water partition coefficient (Wildman–Crippen LogP) is 2.28. The van der Waals surface area contributed by atoms with Crippen molar-refractivity contribution in [2.75, 3.05) is 17.6 Å². The number of anilines is 1. The van der Waals surface area contributed by atoms with Crippen LogP contribution in [0, 0.1) is 12.7 Å². The molecule has 1 unspecified atom stereocenters. The Balaban J connectivity index is 2.14. The van der Waals surface area contributed by atoms with Crippen molar-refractivity contribution < 1.29 is 17.6 Å². The van der Waals surface area contributed by atoms with Gasteiger partial charge in [0.05, 0.1) is 5.75 Å². The number of nitrogens with zero attached hydrogens (tertiary/aromatic N) is 1. The van der Waals surface area contributed by atoms with E-state index in [-0.39, 0.29) is 17.5 Å². The summed E-state index contributed by atoms with van der Waals surface area (Å²) >= 11 is 0. The Hall–Kier alpha value is -1.47. The van der Waals surface area contributed by atoms with Gasteiger partial charge in [-0.1, -0.05) is 6.92 Å². The van der Waals surface area contributed by atoms with Crippen LogP contribution in [0.2, 0.25) is 0 Å². The van der Waals surface area contributed by atoms with Gasteiger partial charge in [-0.25, -0.2) is 12.8 Å². The van der Waals surface area contributed by atoms with Crippen LogP contribution in [0.25, 0.3) is 0 Å². The first-order valence-corrected chi connectivity index (χ1v) is 9.02. The lowest BCUT2D eigenvalue weighted by Gasteiger charge is -2.23. The number of hydrogen-bond acceptors (Lipinski definition) is 3. The maximum Gasteiger partial charge on any atom is 0.242 e. The average molecular weight is 328 g/mol. The minimum atomic E-state index is -3.40. The zero-order valence-corrected chi connectivity index (χ0v) is 13.6. The molecule has 0 radical (unpaired) electrons. The summed E-state index contributed by atoms with van der Waals surface area (Å²) in [6.45, 7) is 3.87. The van der Waals surface area contributed by atoms with E-state index in [4.69, 9.17) is 0 Å². The first kappa shape index (κ1) is 16.9. The molecule has 1 aliphatic rings. The average Bonchev–Trinajstić information content (AvgIpc) is 2.92. The highest BCUT2D eigenvalue weighted by atomic mass is 32.2. The summed E-state index contributed by atoms with van der Waals surface area (Å²) in [7, 11) is -3.40. The smallest absolute Gasteiger partial charge is 0.242 e. The molecule has 7 heteroatoms. The number of amides is 1. The molecule has 1 atom stereocenters. The van der Waals surface area contributed by atoms with Gasteiger partial charge in [0.15, 0.2) is 0 Å². The van der Waals surface area contributed by atoms with Gasteiger partial charge in [-0.15, -0.1) is 0 Å². The quantitative estimate of drug-likeness (QED) is 0.902.